The molecule has 0 amide bonds. The number of carboxylic acids is 1. The van der Waals surface area contributed by atoms with E-state index in [9.17, 15) is 9.90 Å². The van der Waals surface area contributed by atoms with Crippen molar-refractivity contribution < 1.29 is 14.6 Å². The van der Waals surface area contributed by atoms with E-state index in [1.807, 2.05) is 42.7 Å². The molecule has 5 heteroatoms. The number of benzene rings is 2. The number of methoxy groups -OCH3 is 1. The van der Waals surface area contributed by atoms with Crippen LogP contribution in [0.2, 0.25) is 0 Å². The zero-order valence-corrected chi connectivity index (χ0v) is 12.7. The number of hydrogen-bond donors (Lipinski definition) is 2. The summed E-state index contributed by atoms with van der Waals surface area (Å²) in [5.41, 5.74) is 1.96. The zero-order chi connectivity index (χ0) is 15.2. The summed E-state index contributed by atoms with van der Waals surface area (Å²) in [6.45, 7) is 0.537. The first-order chi connectivity index (χ1) is 10.2. The Kier molecular flexibility index (Phi) is 5.11. The number of hydrogen-bond acceptors (Lipinski definition) is 4. The van der Waals surface area contributed by atoms with Crippen LogP contribution in [-0.2, 0) is 6.54 Å². The molecule has 0 aliphatic heterocycles. The van der Waals surface area contributed by atoms with Crippen molar-refractivity contribution >= 4 is 23.4 Å². The number of carboxylic acid groups (broad SMARTS) is 1. The Bertz CT molecular complexity index is 643. The second-order valence-corrected chi connectivity index (χ2v) is 5.24. The van der Waals surface area contributed by atoms with E-state index in [1.165, 1.54) is 11.8 Å². The van der Waals surface area contributed by atoms with E-state index < -0.39 is 5.97 Å². The van der Waals surface area contributed by atoms with Crippen LogP contribution in [-0.4, -0.2) is 24.4 Å². The van der Waals surface area contributed by atoms with E-state index >= 15 is 0 Å². The lowest BCUT2D eigenvalue weighted by Gasteiger charge is -2.12. The van der Waals surface area contributed by atoms with Gasteiger partial charge in [-0.05, 0) is 36.1 Å². The topological polar surface area (TPSA) is 58.6 Å². The number of aromatic carboxylic acids is 1. The second-order valence-electron chi connectivity index (χ2n) is 4.39. The maximum atomic E-state index is 11.4. The van der Waals surface area contributed by atoms with Gasteiger partial charge >= 0.3 is 5.97 Å². The van der Waals surface area contributed by atoms with Crippen molar-refractivity contribution in [2.24, 2.45) is 0 Å². The number of ether oxygens (including phenoxy) is 1. The van der Waals surface area contributed by atoms with Crippen LogP contribution in [0.25, 0.3) is 0 Å². The van der Waals surface area contributed by atoms with Crippen LogP contribution in [0.5, 0.6) is 5.75 Å². The largest absolute Gasteiger partial charge is 0.497 e. The fourth-order valence-corrected chi connectivity index (χ4v) is 2.66. The van der Waals surface area contributed by atoms with Crippen molar-refractivity contribution in [3.63, 3.8) is 0 Å². The molecule has 0 aromatic heterocycles. The SMILES string of the molecule is COc1cccc(CNc2cccc(SC)c2C(=O)O)c1. The standard InChI is InChI=1S/C16H17NO3S/c1-20-12-6-3-5-11(9-12)10-17-13-7-4-8-14(21-2)15(13)16(18)19/h3-9,17H,10H2,1-2H3,(H,18,19). The molecule has 0 atom stereocenters. The molecular weight excluding hydrogens is 286 g/mol. The monoisotopic (exact) mass is 303 g/mol. The molecule has 110 valence electrons. The Hall–Kier alpha value is -2.14. The molecule has 2 aromatic rings. The minimum atomic E-state index is -0.923. The van der Waals surface area contributed by atoms with Crippen molar-refractivity contribution in [1.82, 2.24) is 0 Å². The number of rotatable bonds is 6. The van der Waals surface area contributed by atoms with Crippen molar-refractivity contribution in [3.05, 3.63) is 53.6 Å². The highest BCUT2D eigenvalue weighted by molar-refractivity contribution is 7.98. The minimum Gasteiger partial charge on any atom is -0.497 e. The third-order valence-electron chi connectivity index (χ3n) is 3.08. The van der Waals surface area contributed by atoms with Crippen LogP contribution in [0.4, 0.5) is 5.69 Å². The van der Waals surface area contributed by atoms with Gasteiger partial charge in [-0.25, -0.2) is 4.79 Å². The molecule has 0 fully saturated rings. The van der Waals surface area contributed by atoms with E-state index in [4.69, 9.17) is 4.74 Å². The van der Waals surface area contributed by atoms with Crippen LogP contribution in [0.3, 0.4) is 0 Å². The van der Waals surface area contributed by atoms with Crippen molar-refractivity contribution in [3.8, 4) is 5.75 Å². The van der Waals surface area contributed by atoms with Gasteiger partial charge in [0.05, 0.1) is 18.4 Å². The summed E-state index contributed by atoms with van der Waals surface area (Å²) < 4.78 is 5.18. The van der Waals surface area contributed by atoms with Crippen molar-refractivity contribution in [1.29, 1.82) is 0 Å². The molecule has 0 spiro atoms. The van der Waals surface area contributed by atoms with Gasteiger partial charge < -0.3 is 15.2 Å². The number of nitrogens with one attached hydrogen (secondary N) is 1. The quantitative estimate of drug-likeness (QED) is 0.796. The molecule has 0 aliphatic carbocycles. The molecule has 0 heterocycles. The third-order valence-corrected chi connectivity index (χ3v) is 3.86. The molecule has 0 saturated heterocycles. The number of thioether (sulfide) groups is 1. The highest BCUT2D eigenvalue weighted by Gasteiger charge is 2.14. The van der Waals surface area contributed by atoms with Crippen molar-refractivity contribution in [2.75, 3.05) is 18.7 Å². The van der Waals surface area contributed by atoms with Crippen LogP contribution >= 0.6 is 11.8 Å². The Labute approximate surface area is 128 Å². The molecule has 2 N–H and O–H groups in total. The third kappa shape index (κ3) is 3.70. The van der Waals surface area contributed by atoms with Gasteiger partial charge in [0.1, 0.15) is 5.75 Å². The second kappa shape index (κ2) is 7.04. The lowest BCUT2D eigenvalue weighted by atomic mass is 10.1. The normalized spacial score (nSPS) is 10.2. The Balaban J connectivity index is 2.21. The Morgan fingerprint density at radius 3 is 2.71 bits per heavy atom. The summed E-state index contributed by atoms with van der Waals surface area (Å²) in [7, 11) is 1.62. The van der Waals surface area contributed by atoms with E-state index in [0.29, 0.717) is 17.8 Å². The fraction of sp³-hybridized carbons (Fsp3) is 0.188. The summed E-state index contributed by atoms with van der Waals surface area (Å²) in [5.74, 6) is -0.140. The van der Waals surface area contributed by atoms with Gasteiger partial charge in [-0.2, -0.15) is 0 Å². The zero-order valence-electron chi connectivity index (χ0n) is 11.9. The van der Waals surface area contributed by atoms with Gasteiger partial charge in [0, 0.05) is 11.4 Å². The summed E-state index contributed by atoms with van der Waals surface area (Å²) in [6.07, 6.45) is 1.87. The van der Waals surface area contributed by atoms with E-state index in [2.05, 4.69) is 5.32 Å². The fourth-order valence-electron chi connectivity index (χ4n) is 2.05. The Morgan fingerprint density at radius 1 is 1.29 bits per heavy atom. The Morgan fingerprint density at radius 2 is 2.05 bits per heavy atom. The molecular formula is C16H17NO3S. The first-order valence-corrected chi connectivity index (χ1v) is 7.65. The average Bonchev–Trinajstić information content (AvgIpc) is 2.52. The average molecular weight is 303 g/mol. The van der Waals surface area contributed by atoms with Crippen LogP contribution in [0.15, 0.2) is 47.4 Å². The van der Waals surface area contributed by atoms with Gasteiger partial charge in [-0.15, -0.1) is 11.8 Å². The molecule has 0 saturated carbocycles. The first kappa shape index (κ1) is 15.3. The van der Waals surface area contributed by atoms with Crippen LogP contribution < -0.4 is 10.1 Å². The smallest absolute Gasteiger partial charge is 0.338 e. The van der Waals surface area contributed by atoms with Gasteiger partial charge in [-0.3, -0.25) is 0 Å². The molecule has 0 aliphatic rings. The van der Waals surface area contributed by atoms with Crippen LogP contribution in [0, 0.1) is 0 Å². The van der Waals surface area contributed by atoms with Crippen molar-refractivity contribution in [2.45, 2.75) is 11.4 Å². The maximum Gasteiger partial charge on any atom is 0.338 e. The summed E-state index contributed by atoms with van der Waals surface area (Å²) in [6, 6.07) is 13.1. The highest BCUT2D eigenvalue weighted by atomic mass is 32.2. The molecule has 21 heavy (non-hydrogen) atoms. The lowest BCUT2D eigenvalue weighted by molar-refractivity contribution is 0.0694. The number of carbonyl (C=O) groups is 1. The minimum absolute atomic E-state index is 0.313. The van der Waals surface area contributed by atoms with Gasteiger partial charge in [0.15, 0.2) is 0 Å². The summed E-state index contributed by atoms with van der Waals surface area (Å²) in [5, 5.41) is 12.6. The molecule has 4 nitrogen and oxygen atoms in total. The predicted octanol–water partition coefficient (Wildman–Crippen LogP) is 3.73. The first-order valence-electron chi connectivity index (χ1n) is 6.42. The highest BCUT2D eigenvalue weighted by Crippen LogP contribution is 2.27. The number of anilines is 1. The molecule has 0 radical (unpaired) electrons. The molecule has 0 unspecified atom stereocenters. The molecule has 0 bridgehead atoms. The van der Waals surface area contributed by atoms with E-state index in [1.54, 1.807) is 13.2 Å². The maximum absolute atomic E-state index is 11.4. The lowest BCUT2D eigenvalue weighted by Crippen LogP contribution is -2.07. The predicted molar refractivity (Wildman–Crippen MR) is 85.5 cm³/mol. The van der Waals surface area contributed by atoms with Gasteiger partial charge in [0.25, 0.3) is 0 Å². The van der Waals surface area contributed by atoms with Gasteiger partial charge in [-0.1, -0.05) is 18.2 Å². The molecule has 2 rings (SSSR count). The van der Waals surface area contributed by atoms with Gasteiger partial charge in [0.2, 0.25) is 0 Å². The molecule has 2 aromatic carbocycles. The summed E-state index contributed by atoms with van der Waals surface area (Å²) in [4.78, 5) is 12.2. The van der Waals surface area contributed by atoms with Crippen LogP contribution in [0.1, 0.15) is 15.9 Å². The van der Waals surface area contributed by atoms with E-state index in [0.717, 1.165) is 16.2 Å². The summed E-state index contributed by atoms with van der Waals surface area (Å²) >= 11 is 1.42. The van der Waals surface area contributed by atoms with E-state index in [-0.39, 0.29) is 0 Å².